The largest absolute Gasteiger partial charge is 0.495 e. The summed E-state index contributed by atoms with van der Waals surface area (Å²) in [6.45, 7) is 12.5. The van der Waals surface area contributed by atoms with E-state index in [9.17, 15) is 9.00 Å². The first-order valence-electron chi connectivity index (χ1n) is 10.6. The third-order valence-corrected chi connectivity index (χ3v) is 7.43. The summed E-state index contributed by atoms with van der Waals surface area (Å²) in [5, 5.41) is 0.513. The number of ether oxygens (including phenoxy) is 2. The van der Waals surface area contributed by atoms with E-state index in [0.717, 1.165) is 36.1 Å². The van der Waals surface area contributed by atoms with Crippen molar-refractivity contribution in [2.45, 2.75) is 71.2 Å². The summed E-state index contributed by atoms with van der Waals surface area (Å²) in [6.07, 6.45) is 1.92. The molecule has 6 nitrogen and oxygen atoms in total. The van der Waals surface area contributed by atoms with Gasteiger partial charge in [-0.3, -0.25) is 0 Å². The Bertz CT molecular complexity index is 923. The van der Waals surface area contributed by atoms with Crippen molar-refractivity contribution in [2.24, 2.45) is 9.81 Å². The number of piperidine rings is 1. The lowest BCUT2D eigenvalue weighted by atomic mass is 9.74. The molecule has 0 radical (unpaired) electrons. The maximum Gasteiger partial charge on any atom is 0.410 e. The maximum absolute atomic E-state index is 13.0. The lowest BCUT2D eigenvalue weighted by molar-refractivity contribution is 0.0159. The van der Waals surface area contributed by atoms with E-state index in [0.29, 0.717) is 23.9 Å². The lowest BCUT2D eigenvalue weighted by Crippen LogP contribution is -2.47. The molecule has 0 N–H and O–H groups in total. The van der Waals surface area contributed by atoms with Crippen LogP contribution in [-0.4, -0.2) is 51.5 Å². The van der Waals surface area contributed by atoms with Gasteiger partial charge in [0.05, 0.1) is 22.6 Å². The third kappa shape index (κ3) is 5.08. The zero-order chi connectivity index (χ0) is 23.2. The maximum atomic E-state index is 13.0. The van der Waals surface area contributed by atoms with Gasteiger partial charge in [0, 0.05) is 24.1 Å². The number of hydrogen-bond acceptors (Lipinski definition) is 4. The lowest BCUT2D eigenvalue weighted by Gasteiger charge is -2.40. The van der Waals surface area contributed by atoms with Crippen molar-refractivity contribution in [1.82, 2.24) is 4.90 Å². The van der Waals surface area contributed by atoms with E-state index < -0.39 is 21.3 Å². The first-order valence-corrected chi connectivity index (χ1v) is 12.1. The highest BCUT2D eigenvalue weighted by molar-refractivity contribution is 7.85. The molecule has 1 aromatic carbocycles. The Balaban J connectivity index is 1.95. The number of carbonyl (C=O) groups is 1. The number of halogens is 1. The highest BCUT2D eigenvalue weighted by Crippen LogP contribution is 2.48. The molecule has 0 bridgehead atoms. The van der Waals surface area contributed by atoms with Crippen molar-refractivity contribution >= 4 is 34.4 Å². The summed E-state index contributed by atoms with van der Waals surface area (Å²) >= 11 is 6.43. The van der Waals surface area contributed by atoms with E-state index in [1.807, 2.05) is 53.7 Å². The van der Waals surface area contributed by atoms with E-state index in [1.54, 1.807) is 12.0 Å². The predicted octanol–water partition coefficient (Wildman–Crippen LogP) is 5.17. The monoisotopic (exact) mass is 468 g/mol. The SMILES string of the molecule is COc1cc2c(cc1Cl)/C(=N\[S@@](=O)C(C)(C)C)C1(CCN(C(=O)OC(C)(C)C)CC1)C2. The van der Waals surface area contributed by atoms with Crippen LogP contribution in [0.15, 0.2) is 16.5 Å². The fourth-order valence-electron chi connectivity index (χ4n) is 4.08. The zero-order valence-corrected chi connectivity index (χ0v) is 21.1. The Morgan fingerprint density at radius 3 is 2.29 bits per heavy atom. The summed E-state index contributed by atoms with van der Waals surface area (Å²) < 4.78 is 28.2. The van der Waals surface area contributed by atoms with E-state index in [2.05, 4.69) is 0 Å². The Labute approximate surface area is 192 Å². The number of likely N-dealkylation sites (tertiary alicyclic amines) is 1. The van der Waals surface area contributed by atoms with Crippen molar-refractivity contribution in [3.8, 4) is 5.75 Å². The molecule has 1 heterocycles. The predicted molar refractivity (Wildman–Crippen MR) is 126 cm³/mol. The number of rotatable bonds is 2. The molecule has 1 aromatic rings. The number of nitrogens with zero attached hydrogens (tertiary/aromatic N) is 2. The minimum absolute atomic E-state index is 0.280. The molecule has 1 atom stereocenters. The van der Waals surface area contributed by atoms with Gasteiger partial charge in [-0.05, 0) is 78.5 Å². The van der Waals surface area contributed by atoms with Crippen molar-refractivity contribution in [3.63, 3.8) is 0 Å². The van der Waals surface area contributed by atoms with E-state index in [1.165, 1.54) is 0 Å². The van der Waals surface area contributed by atoms with E-state index in [-0.39, 0.29) is 11.5 Å². The molecular weight excluding hydrogens is 436 g/mol. The molecule has 1 aliphatic heterocycles. The van der Waals surface area contributed by atoms with E-state index in [4.69, 9.17) is 25.5 Å². The summed E-state index contributed by atoms with van der Waals surface area (Å²) in [4.78, 5) is 14.3. The summed E-state index contributed by atoms with van der Waals surface area (Å²) in [7, 11) is 0.200. The average Bonchev–Trinajstić information content (AvgIpc) is 2.91. The molecule has 0 unspecified atom stereocenters. The Morgan fingerprint density at radius 1 is 1.16 bits per heavy atom. The number of methoxy groups -OCH3 is 1. The van der Waals surface area contributed by atoms with Crippen LogP contribution in [0.5, 0.6) is 5.75 Å². The summed E-state index contributed by atoms with van der Waals surface area (Å²) in [5.41, 5.74) is 2.06. The second-order valence-corrected chi connectivity index (χ2v) is 12.7. The van der Waals surface area contributed by atoms with Crippen LogP contribution in [-0.2, 0) is 22.1 Å². The van der Waals surface area contributed by atoms with Crippen LogP contribution in [0.25, 0.3) is 0 Å². The van der Waals surface area contributed by atoms with Gasteiger partial charge in [-0.2, -0.15) is 4.40 Å². The Kier molecular flexibility index (Phi) is 6.51. The van der Waals surface area contributed by atoms with Gasteiger partial charge in [-0.15, -0.1) is 0 Å². The average molecular weight is 469 g/mol. The Morgan fingerprint density at radius 2 is 1.77 bits per heavy atom. The number of amides is 1. The molecule has 1 fully saturated rings. The van der Waals surface area contributed by atoms with Gasteiger partial charge in [-0.25, -0.2) is 9.00 Å². The van der Waals surface area contributed by atoms with Crippen molar-refractivity contribution in [3.05, 3.63) is 28.3 Å². The molecule has 0 saturated carbocycles. The number of hydrogen-bond donors (Lipinski definition) is 0. The van der Waals surface area contributed by atoms with Gasteiger partial charge in [0.2, 0.25) is 0 Å². The normalized spacial score (nSPS) is 20.6. The molecule has 1 saturated heterocycles. The van der Waals surface area contributed by atoms with Crippen LogP contribution in [0.4, 0.5) is 4.79 Å². The molecule has 2 aliphatic rings. The van der Waals surface area contributed by atoms with Gasteiger partial charge in [0.25, 0.3) is 0 Å². The van der Waals surface area contributed by atoms with Gasteiger partial charge < -0.3 is 14.4 Å². The van der Waals surface area contributed by atoms with Crippen LogP contribution in [0.1, 0.15) is 65.5 Å². The zero-order valence-electron chi connectivity index (χ0n) is 19.5. The van der Waals surface area contributed by atoms with Crippen LogP contribution < -0.4 is 4.74 Å². The van der Waals surface area contributed by atoms with Crippen molar-refractivity contribution in [2.75, 3.05) is 20.2 Å². The van der Waals surface area contributed by atoms with Crippen LogP contribution in [0.3, 0.4) is 0 Å². The third-order valence-electron chi connectivity index (χ3n) is 5.73. The molecule has 8 heteroatoms. The van der Waals surface area contributed by atoms with Crippen LogP contribution in [0, 0.1) is 5.41 Å². The van der Waals surface area contributed by atoms with E-state index >= 15 is 0 Å². The highest BCUT2D eigenvalue weighted by Gasteiger charge is 2.47. The fourth-order valence-corrected chi connectivity index (χ4v) is 5.05. The molecule has 31 heavy (non-hydrogen) atoms. The molecule has 1 spiro atoms. The number of benzene rings is 1. The first kappa shape index (κ1) is 24.1. The van der Waals surface area contributed by atoms with Gasteiger partial charge in [0.15, 0.2) is 0 Å². The smallest absolute Gasteiger partial charge is 0.410 e. The molecule has 172 valence electrons. The number of fused-ring (bicyclic) bond motifs is 1. The standard InChI is InChI=1S/C23H33ClN2O4S/c1-21(2,3)30-20(27)26-10-8-23(9-11-26)14-15-12-18(29-7)17(24)13-16(15)19(23)25-31(28)22(4,5)6/h12-13H,8-11,14H2,1-7H3/b25-19+/t31-/m0/s1. The first-order chi connectivity index (χ1) is 14.3. The highest BCUT2D eigenvalue weighted by atomic mass is 35.5. The van der Waals surface area contributed by atoms with Gasteiger partial charge in [0.1, 0.15) is 22.3 Å². The molecular formula is C23H33ClN2O4S. The topological polar surface area (TPSA) is 68.2 Å². The minimum Gasteiger partial charge on any atom is -0.495 e. The van der Waals surface area contributed by atoms with Gasteiger partial charge in [-0.1, -0.05) is 11.6 Å². The van der Waals surface area contributed by atoms with Gasteiger partial charge >= 0.3 is 6.09 Å². The van der Waals surface area contributed by atoms with Crippen molar-refractivity contribution < 1.29 is 18.5 Å². The fraction of sp³-hybridized carbons (Fsp3) is 0.652. The van der Waals surface area contributed by atoms with Crippen LogP contribution >= 0.6 is 11.6 Å². The number of carbonyl (C=O) groups excluding carboxylic acids is 1. The molecule has 3 rings (SSSR count). The minimum atomic E-state index is -1.40. The Hall–Kier alpha value is -1.60. The van der Waals surface area contributed by atoms with Crippen LogP contribution in [0.2, 0.25) is 5.02 Å². The van der Waals surface area contributed by atoms with Crippen molar-refractivity contribution in [1.29, 1.82) is 0 Å². The molecule has 1 amide bonds. The second kappa shape index (κ2) is 8.39. The second-order valence-electron chi connectivity index (χ2n) is 10.4. The molecule has 1 aliphatic carbocycles. The molecule has 0 aromatic heterocycles. The quantitative estimate of drug-likeness (QED) is 0.600. The summed E-state index contributed by atoms with van der Waals surface area (Å²) in [6, 6.07) is 3.84. The summed E-state index contributed by atoms with van der Waals surface area (Å²) in [5.74, 6) is 0.625.